The molecule has 4 nitrogen and oxygen atoms in total. The van der Waals surface area contributed by atoms with Gasteiger partial charge in [0.1, 0.15) is 12.7 Å². The molecule has 0 saturated heterocycles. The van der Waals surface area contributed by atoms with Crippen LogP contribution in [0.1, 0.15) is 56.3 Å². The number of aliphatic hydroxyl groups is 1. The summed E-state index contributed by atoms with van der Waals surface area (Å²) >= 11 is 0. The van der Waals surface area contributed by atoms with Crippen LogP contribution in [0.2, 0.25) is 0 Å². The lowest BCUT2D eigenvalue weighted by molar-refractivity contribution is 0.106. The molecule has 0 radical (unpaired) electrons. The van der Waals surface area contributed by atoms with Crippen LogP contribution in [0, 0.1) is 0 Å². The predicted molar refractivity (Wildman–Crippen MR) is 110 cm³/mol. The van der Waals surface area contributed by atoms with Crippen molar-refractivity contribution in [2.75, 3.05) is 20.3 Å². The molecule has 0 spiro atoms. The number of nitrogens with one attached hydrogen (secondary N) is 1. The summed E-state index contributed by atoms with van der Waals surface area (Å²) in [5.41, 5.74) is 2.01. The molecule has 2 rings (SSSR count). The lowest BCUT2D eigenvalue weighted by Gasteiger charge is -2.15. The van der Waals surface area contributed by atoms with Gasteiger partial charge >= 0.3 is 0 Å². The minimum absolute atomic E-state index is 0.190. The third-order valence-corrected chi connectivity index (χ3v) is 4.60. The first-order valence-corrected chi connectivity index (χ1v) is 9.98. The smallest absolute Gasteiger partial charge is 0.161 e. The van der Waals surface area contributed by atoms with E-state index in [-0.39, 0.29) is 6.61 Å². The number of benzene rings is 2. The summed E-state index contributed by atoms with van der Waals surface area (Å²) in [6, 6.07) is 15.5. The first-order valence-electron chi connectivity index (χ1n) is 9.98. The maximum atomic E-state index is 10.2. The Hall–Kier alpha value is -2.04. The third-order valence-electron chi connectivity index (χ3n) is 4.60. The Kier molecular flexibility index (Phi) is 9.74. The number of hydrogen-bond acceptors (Lipinski definition) is 4. The van der Waals surface area contributed by atoms with E-state index in [1.165, 1.54) is 32.1 Å². The Balaban J connectivity index is 1.79. The van der Waals surface area contributed by atoms with Gasteiger partial charge in [-0.1, -0.05) is 69.0 Å². The van der Waals surface area contributed by atoms with Gasteiger partial charge in [-0.05, 0) is 36.2 Å². The first-order chi connectivity index (χ1) is 13.2. The van der Waals surface area contributed by atoms with Crippen molar-refractivity contribution < 1.29 is 14.6 Å². The van der Waals surface area contributed by atoms with Gasteiger partial charge in [0, 0.05) is 6.54 Å². The van der Waals surface area contributed by atoms with E-state index in [4.69, 9.17) is 9.47 Å². The number of methoxy groups -OCH3 is 1. The zero-order valence-electron chi connectivity index (χ0n) is 16.6. The highest BCUT2D eigenvalue weighted by Gasteiger charge is 2.11. The van der Waals surface area contributed by atoms with Gasteiger partial charge in [0.2, 0.25) is 0 Å². The Labute approximate surface area is 163 Å². The maximum absolute atomic E-state index is 10.2. The fourth-order valence-corrected chi connectivity index (χ4v) is 2.97. The Morgan fingerprint density at radius 3 is 2.48 bits per heavy atom. The maximum Gasteiger partial charge on any atom is 0.161 e. The van der Waals surface area contributed by atoms with Gasteiger partial charge in [0.05, 0.1) is 7.11 Å². The van der Waals surface area contributed by atoms with Gasteiger partial charge in [-0.2, -0.15) is 0 Å². The number of unbranched alkanes of at least 4 members (excludes halogenated alkanes) is 4. The minimum atomic E-state index is -0.662. The summed E-state index contributed by atoms with van der Waals surface area (Å²) in [6.45, 7) is 4.28. The summed E-state index contributed by atoms with van der Waals surface area (Å²) in [5, 5.41) is 13.7. The van der Waals surface area contributed by atoms with E-state index >= 15 is 0 Å². The zero-order chi connectivity index (χ0) is 19.3. The summed E-state index contributed by atoms with van der Waals surface area (Å²) < 4.78 is 11.2. The number of rotatable bonds is 13. The van der Waals surface area contributed by atoms with E-state index < -0.39 is 6.10 Å². The Morgan fingerprint density at radius 2 is 1.74 bits per heavy atom. The summed E-state index contributed by atoms with van der Waals surface area (Å²) in [5.74, 6) is 1.34. The highest BCUT2D eigenvalue weighted by Crippen LogP contribution is 2.29. The topological polar surface area (TPSA) is 50.7 Å². The van der Waals surface area contributed by atoms with E-state index in [0.717, 1.165) is 24.2 Å². The molecular weight excluding hydrogens is 338 g/mol. The van der Waals surface area contributed by atoms with Crippen molar-refractivity contribution in [2.45, 2.75) is 51.7 Å². The van der Waals surface area contributed by atoms with Crippen LogP contribution in [0.15, 0.2) is 48.5 Å². The van der Waals surface area contributed by atoms with Crippen LogP contribution in [0.4, 0.5) is 0 Å². The fraction of sp³-hybridized carbons (Fsp3) is 0.478. The van der Waals surface area contributed by atoms with Crippen LogP contribution in [0.5, 0.6) is 11.5 Å². The van der Waals surface area contributed by atoms with Gasteiger partial charge in [0.15, 0.2) is 11.5 Å². The molecule has 2 N–H and O–H groups in total. The number of ether oxygens (including phenoxy) is 2. The standard InChI is InChI=1S/C23H33NO3/c1-3-4-5-6-10-15-24-17-19-13-14-22(23(16-19)26-2)27-18-21(25)20-11-8-7-9-12-20/h7-9,11-14,16,21,24-25H,3-6,10,15,17-18H2,1-2H3/t21-/m0/s1. The van der Waals surface area contributed by atoms with Crippen molar-refractivity contribution in [3.05, 3.63) is 59.7 Å². The van der Waals surface area contributed by atoms with Gasteiger partial charge in [0.25, 0.3) is 0 Å². The first kappa shape index (κ1) is 21.3. The van der Waals surface area contributed by atoms with Crippen molar-refractivity contribution in [1.29, 1.82) is 0 Å². The van der Waals surface area contributed by atoms with Gasteiger partial charge in [-0.15, -0.1) is 0 Å². The lowest BCUT2D eigenvalue weighted by Crippen LogP contribution is -2.15. The molecule has 0 aliphatic rings. The van der Waals surface area contributed by atoms with Crippen LogP contribution < -0.4 is 14.8 Å². The Morgan fingerprint density at radius 1 is 0.963 bits per heavy atom. The SMILES string of the molecule is CCCCCCCNCc1ccc(OC[C@H](O)c2ccccc2)c(OC)c1. The number of aliphatic hydroxyl groups excluding tert-OH is 1. The molecule has 0 heterocycles. The fourth-order valence-electron chi connectivity index (χ4n) is 2.97. The van der Waals surface area contributed by atoms with Gasteiger partial charge in [-0.3, -0.25) is 0 Å². The predicted octanol–water partition coefficient (Wildman–Crippen LogP) is 4.87. The monoisotopic (exact) mass is 371 g/mol. The molecule has 2 aromatic rings. The van der Waals surface area contributed by atoms with Crippen molar-refractivity contribution >= 4 is 0 Å². The second-order valence-corrected chi connectivity index (χ2v) is 6.81. The minimum Gasteiger partial charge on any atom is -0.493 e. The van der Waals surface area contributed by atoms with E-state index in [0.29, 0.717) is 11.5 Å². The normalized spacial score (nSPS) is 12.0. The molecule has 1 atom stereocenters. The highest BCUT2D eigenvalue weighted by molar-refractivity contribution is 5.43. The molecule has 0 aromatic heterocycles. The molecule has 27 heavy (non-hydrogen) atoms. The van der Waals surface area contributed by atoms with E-state index in [1.807, 2.05) is 48.5 Å². The van der Waals surface area contributed by atoms with Crippen LogP contribution in [-0.2, 0) is 6.54 Å². The van der Waals surface area contributed by atoms with E-state index in [9.17, 15) is 5.11 Å². The average molecular weight is 372 g/mol. The molecular formula is C23H33NO3. The van der Waals surface area contributed by atoms with Gasteiger partial charge in [-0.25, -0.2) is 0 Å². The average Bonchev–Trinajstić information content (AvgIpc) is 2.72. The van der Waals surface area contributed by atoms with E-state index in [1.54, 1.807) is 7.11 Å². The second-order valence-electron chi connectivity index (χ2n) is 6.81. The zero-order valence-corrected chi connectivity index (χ0v) is 16.6. The largest absolute Gasteiger partial charge is 0.493 e. The number of hydrogen-bond donors (Lipinski definition) is 2. The molecule has 148 valence electrons. The Bertz CT molecular complexity index is 645. The summed E-state index contributed by atoms with van der Waals surface area (Å²) in [7, 11) is 1.64. The summed E-state index contributed by atoms with van der Waals surface area (Å²) in [4.78, 5) is 0. The van der Waals surface area contributed by atoms with Crippen LogP contribution in [-0.4, -0.2) is 25.4 Å². The third kappa shape index (κ3) is 7.61. The molecule has 2 aromatic carbocycles. The highest BCUT2D eigenvalue weighted by atomic mass is 16.5. The molecule has 4 heteroatoms. The van der Waals surface area contributed by atoms with Crippen molar-refractivity contribution in [3.8, 4) is 11.5 Å². The van der Waals surface area contributed by atoms with Crippen molar-refractivity contribution in [3.63, 3.8) is 0 Å². The van der Waals surface area contributed by atoms with Crippen LogP contribution >= 0.6 is 0 Å². The quantitative estimate of drug-likeness (QED) is 0.493. The summed E-state index contributed by atoms with van der Waals surface area (Å²) in [6.07, 6.45) is 5.79. The van der Waals surface area contributed by atoms with Crippen LogP contribution in [0.25, 0.3) is 0 Å². The van der Waals surface area contributed by atoms with Crippen molar-refractivity contribution in [1.82, 2.24) is 5.32 Å². The van der Waals surface area contributed by atoms with Crippen molar-refractivity contribution in [2.24, 2.45) is 0 Å². The van der Waals surface area contributed by atoms with Crippen LogP contribution in [0.3, 0.4) is 0 Å². The molecule has 0 aliphatic heterocycles. The molecule has 0 amide bonds. The lowest BCUT2D eigenvalue weighted by atomic mass is 10.1. The molecule has 0 fully saturated rings. The second kappa shape index (κ2) is 12.4. The molecule has 0 unspecified atom stereocenters. The van der Waals surface area contributed by atoms with Gasteiger partial charge < -0.3 is 19.9 Å². The van der Waals surface area contributed by atoms with E-state index in [2.05, 4.69) is 12.2 Å². The molecule has 0 bridgehead atoms. The molecule has 0 aliphatic carbocycles. The molecule has 0 saturated carbocycles.